The van der Waals surface area contributed by atoms with Crippen LogP contribution in [0.5, 0.6) is 0 Å². The Bertz CT molecular complexity index is 458. The van der Waals surface area contributed by atoms with Crippen molar-refractivity contribution in [3.8, 4) is 0 Å². The highest BCUT2D eigenvalue weighted by atomic mass is 15.3. The van der Waals surface area contributed by atoms with Gasteiger partial charge in [-0.1, -0.05) is 40.5 Å². The minimum Gasteiger partial charge on any atom is -0.367 e. The summed E-state index contributed by atoms with van der Waals surface area (Å²) < 4.78 is 0. The van der Waals surface area contributed by atoms with Crippen molar-refractivity contribution in [1.82, 2.24) is 9.97 Å². The summed E-state index contributed by atoms with van der Waals surface area (Å²) in [6, 6.07) is 0.497. The van der Waals surface area contributed by atoms with Gasteiger partial charge in [0.15, 0.2) is 0 Å². The van der Waals surface area contributed by atoms with E-state index >= 15 is 0 Å². The van der Waals surface area contributed by atoms with Crippen LogP contribution in [-0.4, -0.2) is 16.0 Å². The summed E-state index contributed by atoms with van der Waals surface area (Å²) in [6.07, 6.45) is 6.74. The van der Waals surface area contributed by atoms with Crippen LogP contribution in [0.4, 0.5) is 11.6 Å². The van der Waals surface area contributed by atoms with Crippen molar-refractivity contribution < 1.29 is 0 Å². The molecule has 2 unspecified atom stereocenters. The molecule has 5 nitrogen and oxygen atoms in total. The van der Waals surface area contributed by atoms with E-state index in [2.05, 4.69) is 48.4 Å². The number of hydrazine groups is 1. The van der Waals surface area contributed by atoms with E-state index in [4.69, 9.17) is 5.84 Å². The molecule has 0 radical (unpaired) electrons. The van der Waals surface area contributed by atoms with Crippen molar-refractivity contribution in [1.29, 1.82) is 0 Å². The zero-order valence-electron chi connectivity index (χ0n) is 13.7. The largest absolute Gasteiger partial charge is 0.367 e. The zero-order valence-corrected chi connectivity index (χ0v) is 13.7. The first-order valence-corrected chi connectivity index (χ1v) is 8.12. The molecule has 0 bridgehead atoms. The van der Waals surface area contributed by atoms with Crippen LogP contribution < -0.4 is 16.6 Å². The van der Waals surface area contributed by atoms with Crippen LogP contribution in [0.3, 0.4) is 0 Å². The SMILES string of the molecule is CC(C)c1c(NN)ncnc1NC1CCCCC1C(C)C. The van der Waals surface area contributed by atoms with E-state index in [1.54, 1.807) is 6.33 Å². The van der Waals surface area contributed by atoms with Crippen molar-refractivity contribution in [3.05, 3.63) is 11.9 Å². The van der Waals surface area contributed by atoms with Crippen molar-refractivity contribution in [2.24, 2.45) is 17.7 Å². The lowest BCUT2D eigenvalue weighted by Crippen LogP contribution is -2.36. The molecular weight excluding hydrogens is 262 g/mol. The van der Waals surface area contributed by atoms with Crippen LogP contribution in [0.2, 0.25) is 0 Å². The van der Waals surface area contributed by atoms with Crippen LogP contribution in [0, 0.1) is 11.8 Å². The molecule has 1 fully saturated rings. The van der Waals surface area contributed by atoms with E-state index in [0.29, 0.717) is 23.8 Å². The zero-order chi connectivity index (χ0) is 15.4. The Hall–Kier alpha value is -1.36. The molecule has 0 aliphatic heterocycles. The second-order valence-electron chi connectivity index (χ2n) is 6.73. The van der Waals surface area contributed by atoms with Gasteiger partial charge in [0.2, 0.25) is 0 Å². The molecule has 2 rings (SSSR count). The number of rotatable bonds is 5. The summed E-state index contributed by atoms with van der Waals surface area (Å²) in [4.78, 5) is 8.72. The summed E-state index contributed by atoms with van der Waals surface area (Å²) in [5.74, 6) is 8.98. The summed E-state index contributed by atoms with van der Waals surface area (Å²) in [7, 11) is 0. The minimum atomic E-state index is 0.320. The fourth-order valence-corrected chi connectivity index (χ4v) is 3.48. The van der Waals surface area contributed by atoms with Gasteiger partial charge < -0.3 is 10.7 Å². The molecule has 0 amide bonds. The predicted molar refractivity (Wildman–Crippen MR) is 88.1 cm³/mol. The van der Waals surface area contributed by atoms with Crippen LogP contribution in [0.15, 0.2) is 6.33 Å². The average molecular weight is 291 g/mol. The van der Waals surface area contributed by atoms with Crippen molar-refractivity contribution in [2.75, 3.05) is 10.7 Å². The number of nitrogens with one attached hydrogen (secondary N) is 2. The van der Waals surface area contributed by atoms with Gasteiger partial charge in [-0.05, 0) is 30.6 Å². The third kappa shape index (κ3) is 3.64. The lowest BCUT2D eigenvalue weighted by atomic mass is 9.78. The summed E-state index contributed by atoms with van der Waals surface area (Å²) in [5, 5.41) is 3.69. The highest BCUT2D eigenvalue weighted by molar-refractivity contribution is 5.58. The van der Waals surface area contributed by atoms with Gasteiger partial charge in [-0.3, -0.25) is 0 Å². The average Bonchev–Trinajstić information content (AvgIpc) is 2.47. The Kier molecular flexibility index (Phi) is 5.39. The first-order valence-electron chi connectivity index (χ1n) is 8.12. The molecule has 0 aromatic carbocycles. The molecule has 4 N–H and O–H groups in total. The molecule has 2 atom stereocenters. The van der Waals surface area contributed by atoms with Crippen molar-refractivity contribution >= 4 is 11.6 Å². The standard InChI is InChI=1S/C16H29N5/c1-10(2)12-7-5-6-8-13(12)20-15-14(11(3)4)16(21-17)19-9-18-15/h9-13H,5-8,17H2,1-4H3,(H2,18,19,20,21). The second-order valence-corrected chi connectivity index (χ2v) is 6.73. The lowest BCUT2D eigenvalue weighted by Gasteiger charge is -2.36. The summed E-state index contributed by atoms with van der Waals surface area (Å²) in [6.45, 7) is 8.93. The van der Waals surface area contributed by atoms with Crippen LogP contribution >= 0.6 is 0 Å². The highest BCUT2D eigenvalue weighted by Crippen LogP contribution is 2.34. The van der Waals surface area contributed by atoms with Gasteiger partial charge in [0.1, 0.15) is 18.0 Å². The van der Waals surface area contributed by atoms with Gasteiger partial charge in [0, 0.05) is 11.6 Å². The number of anilines is 2. The molecule has 1 aromatic heterocycles. The maximum atomic E-state index is 5.60. The molecular formula is C16H29N5. The highest BCUT2D eigenvalue weighted by Gasteiger charge is 2.28. The number of hydrogen-bond acceptors (Lipinski definition) is 5. The Labute approximate surface area is 128 Å². The second kappa shape index (κ2) is 7.07. The van der Waals surface area contributed by atoms with Crippen molar-refractivity contribution in [3.63, 3.8) is 0 Å². The molecule has 0 saturated heterocycles. The van der Waals surface area contributed by atoms with Crippen LogP contribution in [-0.2, 0) is 0 Å². The first-order chi connectivity index (χ1) is 10.0. The predicted octanol–water partition coefficient (Wildman–Crippen LogP) is 3.51. The third-order valence-electron chi connectivity index (χ3n) is 4.60. The maximum Gasteiger partial charge on any atom is 0.148 e. The van der Waals surface area contributed by atoms with Gasteiger partial charge >= 0.3 is 0 Å². The molecule has 5 heteroatoms. The van der Waals surface area contributed by atoms with Gasteiger partial charge in [0.25, 0.3) is 0 Å². The Morgan fingerprint density at radius 2 is 1.76 bits per heavy atom. The Morgan fingerprint density at radius 3 is 2.38 bits per heavy atom. The molecule has 1 aromatic rings. The van der Waals surface area contributed by atoms with E-state index in [9.17, 15) is 0 Å². The Balaban J connectivity index is 2.25. The fourth-order valence-electron chi connectivity index (χ4n) is 3.48. The van der Waals surface area contributed by atoms with Gasteiger partial charge in [-0.25, -0.2) is 15.8 Å². The fraction of sp³-hybridized carbons (Fsp3) is 0.750. The van der Waals surface area contributed by atoms with Crippen LogP contribution in [0.25, 0.3) is 0 Å². The van der Waals surface area contributed by atoms with Gasteiger partial charge in [-0.15, -0.1) is 0 Å². The minimum absolute atomic E-state index is 0.320. The monoisotopic (exact) mass is 291 g/mol. The molecule has 0 spiro atoms. The van der Waals surface area contributed by atoms with E-state index in [-0.39, 0.29) is 0 Å². The normalized spacial score (nSPS) is 22.6. The van der Waals surface area contributed by atoms with E-state index in [0.717, 1.165) is 17.2 Å². The number of nitrogen functional groups attached to an aromatic ring is 1. The van der Waals surface area contributed by atoms with E-state index < -0.39 is 0 Å². The summed E-state index contributed by atoms with van der Waals surface area (Å²) >= 11 is 0. The number of aromatic nitrogens is 2. The van der Waals surface area contributed by atoms with Crippen LogP contribution in [0.1, 0.15) is 64.9 Å². The van der Waals surface area contributed by atoms with E-state index in [1.807, 2.05) is 0 Å². The quantitative estimate of drug-likeness (QED) is 0.571. The number of nitrogens with zero attached hydrogens (tertiary/aromatic N) is 2. The lowest BCUT2D eigenvalue weighted by molar-refractivity contribution is 0.253. The van der Waals surface area contributed by atoms with Gasteiger partial charge in [0.05, 0.1) is 0 Å². The molecule has 1 heterocycles. The molecule has 118 valence electrons. The number of hydrogen-bond donors (Lipinski definition) is 3. The Morgan fingerprint density at radius 1 is 1.10 bits per heavy atom. The van der Waals surface area contributed by atoms with Crippen molar-refractivity contribution in [2.45, 2.75) is 65.3 Å². The molecule has 1 saturated carbocycles. The van der Waals surface area contributed by atoms with Gasteiger partial charge in [-0.2, -0.15) is 0 Å². The topological polar surface area (TPSA) is 75.9 Å². The third-order valence-corrected chi connectivity index (χ3v) is 4.60. The molecule has 1 aliphatic carbocycles. The molecule has 1 aliphatic rings. The number of nitrogens with two attached hydrogens (primary N) is 1. The smallest absolute Gasteiger partial charge is 0.148 e. The van der Waals surface area contributed by atoms with E-state index in [1.165, 1.54) is 25.7 Å². The maximum absolute atomic E-state index is 5.60. The summed E-state index contributed by atoms with van der Waals surface area (Å²) in [5.41, 5.74) is 3.77. The first kappa shape index (κ1) is 16.0. The molecule has 21 heavy (non-hydrogen) atoms.